The van der Waals surface area contributed by atoms with Gasteiger partial charge >= 0.3 is 0 Å². The summed E-state index contributed by atoms with van der Waals surface area (Å²) >= 11 is 0. The lowest BCUT2D eigenvalue weighted by Crippen LogP contribution is -2.53. The van der Waals surface area contributed by atoms with Gasteiger partial charge in [-0.25, -0.2) is 0 Å². The van der Waals surface area contributed by atoms with Crippen LogP contribution >= 0.6 is 0 Å². The zero-order valence-corrected chi connectivity index (χ0v) is 19.9. The second-order valence-electron chi connectivity index (χ2n) is 11.1. The topological polar surface area (TPSA) is 61.7 Å². The number of carbonyl (C=O) groups is 2. The maximum absolute atomic E-state index is 13.1. The Balaban J connectivity index is 1.33. The van der Waals surface area contributed by atoms with Crippen molar-refractivity contribution >= 4 is 11.8 Å². The molecule has 3 aliphatic rings. The minimum atomic E-state index is -0.126. The van der Waals surface area contributed by atoms with Crippen molar-refractivity contribution in [3.8, 4) is 0 Å². The molecule has 2 unspecified atom stereocenters. The molecule has 1 saturated carbocycles. The molecule has 31 heavy (non-hydrogen) atoms. The Morgan fingerprint density at radius 1 is 1.00 bits per heavy atom. The van der Waals surface area contributed by atoms with Gasteiger partial charge < -0.3 is 9.80 Å². The largest absolute Gasteiger partial charge is 0.341 e. The molecule has 0 spiro atoms. The minimum absolute atomic E-state index is 0.0227. The maximum atomic E-state index is 13.1. The number of nitrogens with zero attached hydrogens (tertiary/aromatic N) is 5. The molecule has 0 bridgehead atoms. The van der Waals surface area contributed by atoms with Crippen molar-refractivity contribution in [1.29, 1.82) is 0 Å². The molecule has 7 heteroatoms. The van der Waals surface area contributed by atoms with Crippen molar-refractivity contribution in [3.05, 3.63) is 17.5 Å². The Kier molecular flexibility index (Phi) is 6.16. The standard InChI is InChI=1S/C24H39N5O2/c1-17-12-18(2)15-28(14-17)22(30)16-26-8-10-27(11-9-26)23(31)20-13-21(19-6-7-19)29(25-20)24(3,4)5/h13,17-19H,6-12,14-16H2,1-5H3. The normalized spacial score (nSPS) is 25.7. The molecule has 1 aromatic rings. The van der Waals surface area contributed by atoms with E-state index in [0.29, 0.717) is 43.1 Å². The molecule has 2 amide bonds. The minimum Gasteiger partial charge on any atom is -0.341 e. The number of hydrogen-bond donors (Lipinski definition) is 0. The first kappa shape index (κ1) is 22.3. The van der Waals surface area contributed by atoms with Crippen molar-refractivity contribution in [1.82, 2.24) is 24.5 Å². The number of piperidine rings is 1. The lowest BCUT2D eigenvalue weighted by molar-refractivity contribution is -0.135. The van der Waals surface area contributed by atoms with Gasteiger partial charge in [0.1, 0.15) is 0 Å². The number of carbonyl (C=O) groups excluding carboxylic acids is 2. The average Bonchev–Trinajstić information content (AvgIpc) is 3.44. The fraction of sp³-hybridized carbons (Fsp3) is 0.792. The van der Waals surface area contributed by atoms with E-state index in [9.17, 15) is 9.59 Å². The smallest absolute Gasteiger partial charge is 0.274 e. The molecule has 0 aromatic carbocycles. The number of piperazine rings is 1. The van der Waals surface area contributed by atoms with E-state index in [4.69, 9.17) is 5.10 Å². The summed E-state index contributed by atoms with van der Waals surface area (Å²) in [5.41, 5.74) is 1.64. The fourth-order valence-electron chi connectivity index (χ4n) is 5.14. The van der Waals surface area contributed by atoms with Crippen LogP contribution < -0.4 is 0 Å². The molecule has 172 valence electrons. The number of rotatable bonds is 4. The van der Waals surface area contributed by atoms with Crippen LogP contribution in [0.5, 0.6) is 0 Å². The van der Waals surface area contributed by atoms with E-state index in [2.05, 4.69) is 39.5 Å². The third-order valence-electron chi connectivity index (χ3n) is 6.83. The van der Waals surface area contributed by atoms with Crippen LogP contribution in [0.25, 0.3) is 0 Å². The predicted molar refractivity (Wildman–Crippen MR) is 121 cm³/mol. The van der Waals surface area contributed by atoms with Crippen molar-refractivity contribution in [2.24, 2.45) is 11.8 Å². The molecule has 0 N–H and O–H groups in total. The summed E-state index contributed by atoms with van der Waals surface area (Å²) in [5, 5.41) is 4.71. The van der Waals surface area contributed by atoms with Gasteiger partial charge in [-0.15, -0.1) is 0 Å². The van der Waals surface area contributed by atoms with Gasteiger partial charge in [-0.05, 0) is 57.9 Å². The Labute approximate surface area is 186 Å². The molecule has 2 aliphatic heterocycles. The van der Waals surface area contributed by atoms with Crippen LogP contribution in [0.15, 0.2) is 6.07 Å². The van der Waals surface area contributed by atoms with Gasteiger partial charge in [0.05, 0.1) is 12.1 Å². The van der Waals surface area contributed by atoms with Gasteiger partial charge in [-0.1, -0.05) is 13.8 Å². The molecule has 2 atom stereocenters. The third kappa shape index (κ3) is 5.13. The van der Waals surface area contributed by atoms with Crippen molar-refractivity contribution in [2.75, 3.05) is 45.8 Å². The Hall–Kier alpha value is -1.89. The van der Waals surface area contributed by atoms with Gasteiger partial charge in [0, 0.05) is 50.9 Å². The monoisotopic (exact) mass is 429 g/mol. The summed E-state index contributed by atoms with van der Waals surface area (Å²) in [6, 6.07) is 2.01. The number of likely N-dealkylation sites (tertiary alicyclic amines) is 1. The second kappa shape index (κ2) is 8.57. The Morgan fingerprint density at radius 3 is 2.16 bits per heavy atom. The number of hydrogen-bond acceptors (Lipinski definition) is 4. The van der Waals surface area contributed by atoms with Crippen LogP contribution in [-0.4, -0.2) is 82.1 Å². The van der Waals surface area contributed by atoms with Gasteiger partial charge in [-0.3, -0.25) is 19.2 Å². The fourth-order valence-corrected chi connectivity index (χ4v) is 5.14. The molecular weight excluding hydrogens is 390 g/mol. The summed E-state index contributed by atoms with van der Waals surface area (Å²) in [6.07, 6.45) is 3.59. The van der Waals surface area contributed by atoms with Gasteiger partial charge in [0.15, 0.2) is 5.69 Å². The molecule has 3 fully saturated rings. The Morgan fingerprint density at radius 2 is 1.61 bits per heavy atom. The maximum Gasteiger partial charge on any atom is 0.274 e. The van der Waals surface area contributed by atoms with E-state index in [0.717, 1.165) is 26.2 Å². The lowest BCUT2D eigenvalue weighted by Gasteiger charge is -2.38. The van der Waals surface area contributed by atoms with Crippen LogP contribution in [0, 0.1) is 11.8 Å². The highest BCUT2D eigenvalue weighted by molar-refractivity contribution is 5.92. The summed E-state index contributed by atoms with van der Waals surface area (Å²) < 4.78 is 2.05. The zero-order valence-electron chi connectivity index (χ0n) is 19.9. The first-order valence-electron chi connectivity index (χ1n) is 12.0. The van der Waals surface area contributed by atoms with Crippen molar-refractivity contribution in [3.63, 3.8) is 0 Å². The summed E-state index contributed by atoms with van der Waals surface area (Å²) in [5.74, 6) is 1.97. The first-order valence-corrected chi connectivity index (χ1v) is 12.0. The molecule has 0 radical (unpaired) electrons. The van der Waals surface area contributed by atoms with Crippen LogP contribution in [0.2, 0.25) is 0 Å². The summed E-state index contributed by atoms with van der Waals surface area (Å²) in [7, 11) is 0. The summed E-state index contributed by atoms with van der Waals surface area (Å²) in [6.45, 7) is 15.9. The third-order valence-corrected chi connectivity index (χ3v) is 6.83. The molecule has 4 rings (SSSR count). The van der Waals surface area contributed by atoms with Gasteiger partial charge in [0.25, 0.3) is 5.91 Å². The predicted octanol–water partition coefficient (Wildman–Crippen LogP) is 2.78. The van der Waals surface area contributed by atoms with E-state index in [1.165, 1.54) is 25.0 Å². The molecule has 1 aliphatic carbocycles. The van der Waals surface area contributed by atoms with Crippen LogP contribution in [0.1, 0.15) is 76.0 Å². The average molecular weight is 430 g/mol. The second-order valence-corrected chi connectivity index (χ2v) is 11.1. The van der Waals surface area contributed by atoms with Crippen LogP contribution in [0.3, 0.4) is 0 Å². The molecule has 2 saturated heterocycles. The van der Waals surface area contributed by atoms with Crippen LogP contribution in [-0.2, 0) is 10.3 Å². The van der Waals surface area contributed by atoms with E-state index in [1.807, 2.05) is 20.5 Å². The van der Waals surface area contributed by atoms with E-state index in [1.54, 1.807) is 0 Å². The van der Waals surface area contributed by atoms with Crippen LogP contribution in [0.4, 0.5) is 0 Å². The van der Waals surface area contributed by atoms with Gasteiger partial charge in [-0.2, -0.15) is 5.10 Å². The highest BCUT2D eigenvalue weighted by atomic mass is 16.2. The SMILES string of the molecule is CC1CC(C)CN(C(=O)CN2CCN(C(=O)c3cc(C4CC4)n(C(C)(C)C)n3)CC2)C1. The zero-order chi connectivity index (χ0) is 22.3. The van der Waals surface area contributed by atoms with E-state index < -0.39 is 0 Å². The van der Waals surface area contributed by atoms with Crippen molar-refractivity contribution < 1.29 is 9.59 Å². The lowest BCUT2D eigenvalue weighted by atomic mass is 9.92. The van der Waals surface area contributed by atoms with E-state index >= 15 is 0 Å². The van der Waals surface area contributed by atoms with Crippen molar-refractivity contribution in [2.45, 2.75) is 65.3 Å². The quantitative estimate of drug-likeness (QED) is 0.738. The van der Waals surface area contributed by atoms with Gasteiger partial charge in [0.2, 0.25) is 5.91 Å². The molecule has 3 heterocycles. The molecule has 1 aromatic heterocycles. The number of aromatic nitrogens is 2. The molecule has 7 nitrogen and oxygen atoms in total. The summed E-state index contributed by atoms with van der Waals surface area (Å²) in [4.78, 5) is 32.1. The van der Waals surface area contributed by atoms with E-state index in [-0.39, 0.29) is 17.4 Å². The highest BCUT2D eigenvalue weighted by Gasteiger charge is 2.34. The first-order chi connectivity index (χ1) is 14.6. The highest BCUT2D eigenvalue weighted by Crippen LogP contribution is 2.41. The number of amides is 2. The molecular formula is C24H39N5O2. The Bertz CT molecular complexity index is 804.